The van der Waals surface area contributed by atoms with Gasteiger partial charge in [0.15, 0.2) is 0 Å². The molecule has 1 aliphatic carbocycles. The fourth-order valence-electron chi connectivity index (χ4n) is 1.67. The Kier molecular flexibility index (Phi) is 3.63. The number of amides is 1. The Morgan fingerprint density at radius 2 is 1.85 bits per heavy atom. The van der Waals surface area contributed by atoms with Gasteiger partial charge >= 0.3 is 6.43 Å². The Morgan fingerprint density at radius 3 is 2.31 bits per heavy atom. The molecule has 0 heterocycles. The van der Waals surface area contributed by atoms with Crippen molar-refractivity contribution in [3.05, 3.63) is 0 Å². The molecule has 2 nitrogen and oxygen atoms in total. The van der Waals surface area contributed by atoms with Crippen molar-refractivity contribution in [2.24, 2.45) is 5.92 Å². The number of carbonyl (C=O) groups is 1. The lowest BCUT2D eigenvalue weighted by molar-refractivity contribution is -0.132. The minimum absolute atomic E-state index is 0.0299. The Bertz CT molecular complexity index is 176. The minimum Gasteiger partial charge on any atom is -0.348 e. The number of hydrogen-bond donors (Lipinski definition) is 1. The van der Waals surface area contributed by atoms with E-state index in [2.05, 4.69) is 12.2 Å². The van der Waals surface area contributed by atoms with Crippen molar-refractivity contribution in [2.75, 3.05) is 0 Å². The van der Waals surface area contributed by atoms with E-state index in [1.165, 1.54) is 0 Å². The molecule has 0 saturated heterocycles. The lowest BCUT2D eigenvalue weighted by Crippen LogP contribution is -2.40. The Balaban J connectivity index is 2.26. The van der Waals surface area contributed by atoms with Crippen LogP contribution < -0.4 is 5.32 Å². The molecular formula is C9H15F2NO. The molecule has 1 rings (SSSR count). The molecule has 0 aromatic rings. The monoisotopic (exact) mass is 191 g/mol. The van der Waals surface area contributed by atoms with Gasteiger partial charge in [0, 0.05) is 6.04 Å². The molecule has 0 aromatic heterocycles. The van der Waals surface area contributed by atoms with E-state index < -0.39 is 12.3 Å². The van der Waals surface area contributed by atoms with Crippen LogP contribution in [0, 0.1) is 5.92 Å². The van der Waals surface area contributed by atoms with Gasteiger partial charge in [0.1, 0.15) is 0 Å². The molecule has 13 heavy (non-hydrogen) atoms. The van der Waals surface area contributed by atoms with Gasteiger partial charge in [-0.15, -0.1) is 0 Å². The van der Waals surface area contributed by atoms with E-state index in [1.807, 2.05) is 0 Å². The Labute approximate surface area is 76.7 Å². The zero-order chi connectivity index (χ0) is 9.84. The second-order valence-corrected chi connectivity index (χ2v) is 3.77. The van der Waals surface area contributed by atoms with Gasteiger partial charge in [-0.25, -0.2) is 0 Å². The smallest absolute Gasteiger partial charge is 0.315 e. The van der Waals surface area contributed by atoms with Crippen molar-refractivity contribution < 1.29 is 13.6 Å². The Morgan fingerprint density at radius 1 is 1.31 bits per heavy atom. The highest BCUT2D eigenvalue weighted by Crippen LogP contribution is 2.23. The molecule has 0 aliphatic heterocycles. The largest absolute Gasteiger partial charge is 0.348 e. The molecule has 1 amide bonds. The molecule has 0 radical (unpaired) electrons. The Hall–Kier alpha value is -0.670. The number of carbonyl (C=O) groups excluding carboxylic acids is 1. The van der Waals surface area contributed by atoms with Gasteiger partial charge in [0.05, 0.1) is 0 Å². The van der Waals surface area contributed by atoms with Crippen LogP contribution in [0.3, 0.4) is 0 Å². The first-order valence-electron chi connectivity index (χ1n) is 4.68. The number of halogens is 2. The normalized spacial score (nSPS) is 28.9. The predicted octanol–water partition coefficient (Wildman–Crippen LogP) is 1.95. The van der Waals surface area contributed by atoms with Gasteiger partial charge < -0.3 is 5.32 Å². The summed E-state index contributed by atoms with van der Waals surface area (Å²) in [6.45, 7) is 2.14. The summed E-state index contributed by atoms with van der Waals surface area (Å²) in [6.07, 6.45) is 0.834. The van der Waals surface area contributed by atoms with Crippen LogP contribution in [0.15, 0.2) is 0 Å². The third kappa shape index (κ3) is 3.28. The van der Waals surface area contributed by atoms with E-state index in [1.54, 1.807) is 0 Å². The van der Waals surface area contributed by atoms with Crippen LogP contribution in [-0.4, -0.2) is 18.4 Å². The van der Waals surface area contributed by atoms with Crippen LogP contribution >= 0.6 is 0 Å². The molecule has 1 N–H and O–H groups in total. The minimum atomic E-state index is -2.88. The van der Waals surface area contributed by atoms with E-state index in [-0.39, 0.29) is 6.04 Å². The van der Waals surface area contributed by atoms with E-state index >= 15 is 0 Å². The van der Waals surface area contributed by atoms with Crippen LogP contribution in [0.5, 0.6) is 0 Å². The summed E-state index contributed by atoms with van der Waals surface area (Å²) < 4.78 is 23.7. The van der Waals surface area contributed by atoms with Gasteiger partial charge in [-0.3, -0.25) is 4.79 Å². The fourth-order valence-corrected chi connectivity index (χ4v) is 1.67. The first-order valence-corrected chi connectivity index (χ1v) is 4.68. The number of hydrogen-bond acceptors (Lipinski definition) is 1. The summed E-state index contributed by atoms with van der Waals surface area (Å²) in [5, 5.41) is 2.35. The van der Waals surface area contributed by atoms with Crippen LogP contribution in [0.2, 0.25) is 0 Å². The van der Waals surface area contributed by atoms with Gasteiger partial charge in [0.25, 0.3) is 5.91 Å². The molecule has 0 bridgehead atoms. The van der Waals surface area contributed by atoms with Gasteiger partial charge in [-0.2, -0.15) is 8.78 Å². The maximum atomic E-state index is 11.8. The summed E-state index contributed by atoms with van der Waals surface area (Å²) in [5.74, 6) is -0.459. The molecule has 0 atom stereocenters. The summed E-state index contributed by atoms with van der Waals surface area (Å²) >= 11 is 0. The summed E-state index contributed by atoms with van der Waals surface area (Å²) in [5.41, 5.74) is 0. The second kappa shape index (κ2) is 4.53. The van der Waals surface area contributed by atoms with E-state index in [4.69, 9.17) is 0 Å². The highest BCUT2D eigenvalue weighted by molar-refractivity contribution is 5.79. The third-order valence-corrected chi connectivity index (χ3v) is 2.56. The molecule has 1 saturated carbocycles. The van der Waals surface area contributed by atoms with Gasteiger partial charge in [-0.1, -0.05) is 6.92 Å². The van der Waals surface area contributed by atoms with Crippen molar-refractivity contribution in [1.82, 2.24) is 5.32 Å². The quantitative estimate of drug-likeness (QED) is 0.710. The maximum absolute atomic E-state index is 11.8. The van der Waals surface area contributed by atoms with Crippen LogP contribution in [-0.2, 0) is 4.79 Å². The van der Waals surface area contributed by atoms with Crippen LogP contribution in [0.1, 0.15) is 32.6 Å². The average Bonchev–Trinajstić information content (AvgIpc) is 2.08. The molecule has 0 unspecified atom stereocenters. The molecule has 1 aliphatic rings. The van der Waals surface area contributed by atoms with Crippen LogP contribution in [0.4, 0.5) is 8.78 Å². The molecule has 76 valence electrons. The lowest BCUT2D eigenvalue weighted by Gasteiger charge is -2.26. The SMILES string of the molecule is CC1CCC(NC(=O)C(F)F)CC1. The van der Waals surface area contributed by atoms with E-state index in [0.717, 1.165) is 25.7 Å². The van der Waals surface area contributed by atoms with Crippen molar-refractivity contribution >= 4 is 5.91 Å². The summed E-state index contributed by atoms with van der Waals surface area (Å²) in [6, 6.07) is -0.0299. The highest BCUT2D eigenvalue weighted by Gasteiger charge is 2.23. The van der Waals surface area contributed by atoms with Crippen LogP contribution in [0.25, 0.3) is 0 Å². The maximum Gasteiger partial charge on any atom is 0.315 e. The first-order chi connectivity index (χ1) is 6.09. The average molecular weight is 191 g/mol. The molecular weight excluding hydrogens is 176 g/mol. The fraction of sp³-hybridized carbons (Fsp3) is 0.889. The molecule has 1 fully saturated rings. The van der Waals surface area contributed by atoms with Gasteiger partial charge in [-0.05, 0) is 31.6 Å². The van der Waals surface area contributed by atoms with Crippen molar-refractivity contribution in [2.45, 2.75) is 45.1 Å². The van der Waals surface area contributed by atoms with Crippen molar-refractivity contribution in [3.63, 3.8) is 0 Å². The van der Waals surface area contributed by atoms with Gasteiger partial charge in [0.2, 0.25) is 0 Å². The van der Waals surface area contributed by atoms with E-state index in [0.29, 0.717) is 5.92 Å². The second-order valence-electron chi connectivity index (χ2n) is 3.77. The number of rotatable bonds is 2. The van der Waals surface area contributed by atoms with Crippen molar-refractivity contribution in [1.29, 1.82) is 0 Å². The molecule has 0 aromatic carbocycles. The first kappa shape index (κ1) is 10.4. The van der Waals surface area contributed by atoms with E-state index in [9.17, 15) is 13.6 Å². The third-order valence-electron chi connectivity index (χ3n) is 2.56. The van der Waals surface area contributed by atoms with Crippen molar-refractivity contribution in [3.8, 4) is 0 Å². The topological polar surface area (TPSA) is 29.1 Å². The zero-order valence-electron chi connectivity index (χ0n) is 7.72. The zero-order valence-corrected chi connectivity index (χ0v) is 7.72. The number of nitrogens with one attached hydrogen (secondary N) is 1. The highest BCUT2D eigenvalue weighted by atomic mass is 19.3. The summed E-state index contributed by atoms with van der Waals surface area (Å²) in [4.78, 5) is 10.6. The number of alkyl halides is 2. The predicted molar refractivity (Wildman–Crippen MR) is 45.6 cm³/mol. The lowest BCUT2D eigenvalue weighted by atomic mass is 9.87. The molecule has 0 spiro atoms. The standard InChI is InChI=1S/C9H15F2NO/c1-6-2-4-7(5-3-6)12-9(13)8(10)11/h6-8H,2-5H2,1H3,(H,12,13). The summed E-state index contributed by atoms with van der Waals surface area (Å²) in [7, 11) is 0. The molecule has 4 heteroatoms.